The highest BCUT2D eigenvalue weighted by molar-refractivity contribution is 6.30. The Bertz CT molecular complexity index is 911. The van der Waals surface area contributed by atoms with Crippen molar-refractivity contribution in [3.05, 3.63) is 53.2 Å². The normalized spacial score (nSPS) is 19.5. The monoisotopic (exact) mass is 459 g/mol. The van der Waals surface area contributed by atoms with Gasteiger partial charge in [-0.1, -0.05) is 30.3 Å². The van der Waals surface area contributed by atoms with Crippen LogP contribution in [0, 0.1) is 0 Å². The van der Waals surface area contributed by atoms with Gasteiger partial charge in [0.1, 0.15) is 0 Å². The molecular formula is C20H21ClF3N3O4. The van der Waals surface area contributed by atoms with Crippen molar-refractivity contribution in [3.63, 3.8) is 0 Å². The molecule has 11 heteroatoms. The standard InChI is InChI=1S/C20H21ClF3N3O4/c1-11(6-7-25-17(29)10-16(28)12-2-4-14(21)5-3-12)18-26-27-19(30-18)13-8-15(9-13)31-20(22,23)24/h2-5,13,15-16,28H,1,6-10H2,(H,25,29)/t13-,15+,16?. The van der Waals surface area contributed by atoms with Gasteiger partial charge in [0.25, 0.3) is 0 Å². The number of benzene rings is 1. The number of alkyl halides is 3. The fraction of sp³-hybridized carbons (Fsp3) is 0.450. The van der Waals surface area contributed by atoms with Gasteiger partial charge < -0.3 is 14.8 Å². The third-order valence-electron chi connectivity index (χ3n) is 4.87. The molecule has 1 fully saturated rings. The molecule has 0 aliphatic heterocycles. The van der Waals surface area contributed by atoms with Crippen LogP contribution in [0.1, 0.15) is 55.1 Å². The number of nitrogens with one attached hydrogen (secondary N) is 1. The van der Waals surface area contributed by atoms with Gasteiger partial charge in [0, 0.05) is 23.1 Å². The highest BCUT2D eigenvalue weighted by Crippen LogP contribution is 2.41. The minimum atomic E-state index is -4.65. The van der Waals surface area contributed by atoms with Crippen LogP contribution in [0.4, 0.5) is 13.2 Å². The van der Waals surface area contributed by atoms with Crippen LogP contribution in [0.25, 0.3) is 5.57 Å². The van der Waals surface area contributed by atoms with Gasteiger partial charge in [-0.2, -0.15) is 0 Å². The number of rotatable bonds is 9. The second-order valence-corrected chi connectivity index (χ2v) is 7.71. The van der Waals surface area contributed by atoms with E-state index in [4.69, 9.17) is 16.0 Å². The quantitative estimate of drug-likeness (QED) is 0.584. The van der Waals surface area contributed by atoms with E-state index < -0.39 is 18.6 Å². The summed E-state index contributed by atoms with van der Waals surface area (Å²) in [5.74, 6) is -0.207. The number of hydrogen-bond donors (Lipinski definition) is 2. The van der Waals surface area contributed by atoms with Crippen LogP contribution >= 0.6 is 11.6 Å². The molecule has 1 saturated carbocycles. The molecule has 0 saturated heterocycles. The molecule has 1 aliphatic carbocycles. The lowest BCUT2D eigenvalue weighted by atomic mass is 9.82. The van der Waals surface area contributed by atoms with E-state index >= 15 is 0 Å². The summed E-state index contributed by atoms with van der Waals surface area (Å²) >= 11 is 5.80. The molecule has 2 aromatic rings. The molecule has 0 spiro atoms. The van der Waals surface area contributed by atoms with Crippen molar-refractivity contribution in [1.29, 1.82) is 0 Å². The zero-order valence-electron chi connectivity index (χ0n) is 16.4. The van der Waals surface area contributed by atoms with E-state index in [2.05, 4.69) is 26.8 Å². The average molecular weight is 460 g/mol. The summed E-state index contributed by atoms with van der Waals surface area (Å²) in [7, 11) is 0. The SMILES string of the molecule is C=C(CCNC(=O)CC(O)c1ccc(Cl)cc1)c1nnc([C@H]2C[C@@H](OC(F)(F)F)C2)o1. The maximum Gasteiger partial charge on any atom is 0.522 e. The molecule has 1 heterocycles. The first-order chi connectivity index (χ1) is 14.6. The number of aliphatic hydroxyl groups excluding tert-OH is 1. The van der Waals surface area contributed by atoms with Crippen molar-refractivity contribution in [2.75, 3.05) is 6.54 Å². The summed E-state index contributed by atoms with van der Waals surface area (Å²) in [6, 6.07) is 6.56. The maximum atomic E-state index is 12.2. The Morgan fingerprint density at radius 2 is 2.00 bits per heavy atom. The first-order valence-corrected chi connectivity index (χ1v) is 9.95. The van der Waals surface area contributed by atoms with Crippen LogP contribution in [0.3, 0.4) is 0 Å². The summed E-state index contributed by atoms with van der Waals surface area (Å²) in [5, 5.41) is 21.1. The lowest BCUT2D eigenvalue weighted by molar-refractivity contribution is -0.352. The van der Waals surface area contributed by atoms with Gasteiger partial charge in [0.05, 0.1) is 18.6 Å². The minimum Gasteiger partial charge on any atom is -0.421 e. The number of amides is 1. The van der Waals surface area contributed by atoms with E-state index in [9.17, 15) is 23.1 Å². The van der Waals surface area contributed by atoms with Gasteiger partial charge in [0.2, 0.25) is 17.7 Å². The topological polar surface area (TPSA) is 97.5 Å². The summed E-state index contributed by atoms with van der Waals surface area (Å²) in [4.78, 5) is 12.0. The van der Waals surface area contributed by atoms with E-state index in [0.29, 0.717) is 22.6 Å². The van der Waals surface area contributed by atoms with Gasteiger partial charge in [-0.05, 0) is 37.0 Å². The highest BCUT2D eigenvalue weighted by atomic mass is 35.5. The molecule has 1 atom stereocenters. The van der Waals surface area contributed by atoms with Gasteiger partial charge in [-0.3, -0.25) is 9.53 Å². The van der Waals surface area contributed by atoms with Crippen molar-refractivity contribution >= 4 is 23.1 Å². The van der Waals surface area contributed by atoms with Crippen LogP contribution in [0.5, 0.6) is 0 Å². The second kappa shape index (κ2) is 9.80. The van der Waals surface area contributed by atoms with E-state index in [1.807, 2.05) is 0 Å². The first kappa shape index (κ1) is 23.2. The number of aromatic nitrogens is 2. The molecule has 0 bridgehead atoms. The summed E-state index contributed by atoms with van der Waals surface area (Å²) in [6.45, 7) is 4.08. The number of ether oxygens (including phenoxy) is 1. The number of hydrogen-bond acceptors (Lipinski definition) is 6. The molecule has 7 nitrogen and oxygen atoms in total. The van der Waals surface area contributed by atoms with E-state index in [1.165, 1.54) is 0 Å². The zero-order valence-corrected chi connectivity index (χ0v) is 17.1. The fourth-order valence-corrected chi connectivity index (χ4v) is 3.23. The Balaban J connectivity index is 1.38. The summed E-state index contributed by atoms with van der Waals surface area (Å²) in [6.07, 6.45) is -5.98. The molecule has 1 aromatic heterocycles. The zero-order chi connectivity index (χ0) is 22.6. The summed E-state index contributed by atoms with van der Waals surface area (Å²) in [5.41, 5.74) is 1.07. The fourth-order valence-electron chi connectivity index (χ4n) is 3.11. The Hall–Kier alpha value is -2.43. The molecule has 168 valence electrons. The molecular weight excluding hydrogens is 439 g/mol. The highest BCUT2D eigenvalue weighted by Gasteiger charge is 2.42. The predicted octanol–water partition coefficient (Wildman–Crippen LogP) is 4.15. The van der Waals surface area contributed by atoms with Gasteiger partial charge >= 0.3 is 6.36 Å². The van der Waals surface area contributed by atoms with Crippen LogP contribution in [-0.2, 0) is 9.53 Å². The van der Waals surface area contributed by atoms with Crippen molar-refractivity contribution in [1.82, 2.24) is 15.5 Å². The average Bonchev–Trinajstić information content (AvgIpc) is 3.13. The number of halogens is 4. The molecule has 1 amide bonds. The molecule has 1 aromatic carbocycles. The van der Waals surface area contributed by atoms with Crippen LogP contribution in [-0.4, -0.2) is 40.2 Å². The molecule has 1 aliphatic rings. The minimum absolute atomic E-state index is 0.109. The number of carbonyl (C=O) groups excluding carboxylic acids is 1. The molecule has 1 unspecified atom stereocenters. The largest absolute Gasteiger partial charge is 0.522 e. The summed E-state index contributed by atoms with van der Waals surface area (Å²) < 4.78 is 46.0. The predicted molar refractivity (Wildman–Crippen MR) is 105 cm³/mol. The molecule has 2 N–H and O–H groups in total. The van der Waals surface area contributed by atoms with Crippen LogP contribution in [0.2, 0.25) is 5.02 Å². The van der Waals surface area contributed by atoms with E-state index in [1.54, 1.807) is 24.3 Å². The second-order valence-electron chi connectivity index (χ2n) is 7.27. The third-order valence-corrected chi connectivity index (χ3v) is 5.12. The Morgan fingerprint density at radius 3 is 2.65 bits per heavy atom. The molecule has 0 radical (unpaired) electrons. The Morgan fingerprint density at radius 1 is 1.32 bits per heavy atom. The Labute approximate surface area is 181 Å². The third kappa shape index (κ3) is 6.78. The van der Waals surface area contributed by atoms with Gasteiger partial charge in [-0.25, -0.2) is 0 Å². The lowest BCUT2D eigenvalue weighted by Gasteiger charge is -2.32. The van der Waals surface area contributed by atoms with Crippen LogP contribution < -0.4 is 5.32 Å². The van der Waals surface area contributed by atoms with E-state index in [-0.39, 0.29) is 49.4 Å². The van der Waals surface area contributed by atoms with E-state index in [0.717, 1.165) is 0 Å². The maximum absolute atomic E-state index is 12.2. The molecule has 3 rings (SSSR count). The van der Waals surface area contributed by atoms with Crippen molar-refractivity contribution < 1.29 is 32.2 Å². The number of aliphatic hydroxyl groups is 1. The van der Waals surface area contributed by atoms with Gasteiger partial charge in [-0.15, -0.1) is 23.4 Å². The van der Waals surface area contributed by atoms with Crippen molar-refractivity contribution in [3.8, 4) is 0 Å². The first-order valence-electron chi connectivity index (χ1n) is 9.57. The van der Waals surface area contributed by atoms with Crippen molar-refractivity contribution in [2.24, 2.45) is 0 Å². The van der Waals surface area contributed by atoms with Crippen LogP contribution in [0.15, 0.2) is 35.3 Å². The lowest BCUT2D eigenvalue weighted by Crippen LogP contribution is -2.34. The molecule has 31 heavy (non-hydrogen) atoms. The number of carbonyl (C=O) groups is 1. The smallest absolute Gasteiger partial charge is 0.421 e. The van der Waals surface area contributed by atoms with Gasteiger partial charge in [0.15, 0.2) is 0 Å². The van der Waals surface area contributed by atoms with Crippen molar-refractivity contribution in [2.45, 2.75) is 50.2 Å². The Kier molecular flexibility index (Phi) is 7.34. The number of nitrogens with zero attached hydrogens (tertiary/aromatic N) is 2.